The van der Waals surface area contributed by atoms with Crippen molar-refractivity contribution in [2.75, 3.05) is 7.05 Å². The van der Waals surface area contributed by atoms with Crippen LogP contribution in [-0.4, -0.2) is 66.4 Å². The first-order valence-corrected chi connectivity index (χ1v) is 13.7. The van der Waals surface area contributed by atoms with E-state index in [-0.39, 0.29) is 23.9 Å². The third kappa shape index (κ3) is 6.18. The van der Waals surface area contributed by atoms with Gasteiger partial charge in [-0.1, -0.05) is 37.3 Å². The lowest BCUT2D eigenvalue weighted by atomic mass is 9.85. The van der Waals surface area contributed by atoms with E-state index < -0.39 is 0 Å². The highest BCUT2D eigenvalue weighted by molar-refractivity contribution is 5.84. The Morgan fingerprint density at radius 2 is 1.97 bits per heavy atom. The Morgan fingerprint density at radius 1 is 1.21 bits per heavy atom. The number of benzene rings is 1. The topological polar surface area (TPSA) is 139 Å². The molecular formula is C28H37N9O2. The lowest BCUT2D eigenvalue weighted by Crippen LogP contribution is -2.48. The Morgan fingerprint density at radius 3 is 2.67 bits per heavy atom. The van der Waals surface area contributed by atoms with Crippen molar-refractivity contribution in [3.05, 3.63) is 54.0 Å². The minimum Gasteiger partial charge on any atom is -0.439 e. The molecule has 3 aromatic rings. The number of fused-ring (bicyclic) bond motifs is 1. The predicted molar refractivity (Wildman–Crippen MR) is 147 cm³/mol. The molecule has 1 atom stereocenters. The maximum atomic E-state index is 13.2. The molecule has 1 fully saturated rings. The van der Waals surface area contributed by atoms with Crippen molar-refractivity contribution >= 4 is 17.6 Å². The zero-order valence-corrected chi connectivity index (χ0v) is 22.8. The molecule has 0 radical (unpaired) electrons. The van der Waals surface area contributed by atoms with Crippen molar-refractivity contribution in [3.8, 4) is 11.6 Å². The molecule has 3 N–H and O–H groups in total. The molecule has 1 amide bonds. The summed E-state index contributed by atoms with van der Waals surface area (Å²) in [5, 5.41) is 14.5. The van der Waals surface area contributed by atoms with Crippen LogP contribution in [0.25, 0.3) is 0 Å². The van der Waals surface area contributed by atoms with Gasteiger partial charge in [-0.05, 0) is 50.2 Å². The Hall–Kier alpha value is -4.02. The van der Waals surface area contributed by atoms with Crippen molar-refractivity contribution in [2.24, 2.45) is 16.6 Å². The van der Waals surface area contributed by atoms with Gasteiger partial charge in [-0.2, -0.15) is 5.21 Å². The largest absolute Gasteiger partial charge is 0.439 e. The number of nitrogens with zero attached hydrogens (tertiary/aromatic N) is 7. The van der Waals surface area contributed by atoms with Crippen LogP contribution in [0.15, 0.2) is 47.6 Å². The number of pyridine rings is 1. The third-order valence-electron chi connectivity index (χ3n) is 7.96. The second-order valence-electron chi connectivity index (χ2n) is 10.8. The van der Waals surface area contributed by atoms with E-state index in [1.54, 1.807) is 6.20 Å². The first-order valence-electron chi connectivity index (χ1n) is 13.7. The number of nitrogens with one attached hydrogen (secondary N) is 1. The Balaban J connectivity index is 1.19. The number of hydrogen-bond acceptors (Lipinski definition) is 9. The molecule has 39 heavy (non-hydrogen) atoms. The number of carbonyl (C=O) groups is 1. The number of ether oxygens (including phenoxy) is 1. The van der Waals surface area contributed by atoms with E-state index in [9.17, 15) is 4.79 Å². The number of hydrogen-bond donors (Lipinski definition) is 2. The van der Waals surface area contributed by atoms with Gasteiger partial charge in [-0.25, -0.2) is 9.98 Å². The number of para-hydroxylation sites is 1. The number of H-pyrrole nitrogens is 1. The smallest absolute Gasteiger partial charge is 0.222 e. The maximum absolute atomic E-state index is 13.2. The van der Waals surface area contributed by atoms with E-state index in [4.69, 9.17) is 10.5 Å². The molecule has 2 aromatic heterocycles. The summed E-state index contributed by atoms with van der Waals surface area (Å²) in [5.41, 5.74) is 8.18. The first-order chi connectivity index (χ1) is 18.9. The Bertz CT molecular complexity index is 1270. The molecule has 1 unspecified atom stereocenters. The van der Waals surface area contributed by atoms with E-state index >= 15 is 0 Å². The van der Waals surface area contributed by atoms with Gasteiger partial charge in [0.1, 0.15) is 5.75 Å². The fraction of sp³-hybridized carbons (Fsp3) is 0.500. The van der Waals surface area contributed by atoms with Gasteiger partial charge in [0.05, 0.1) is 11.9 Å². The molecule has 2 aliphatic rings. The highest BCUT2D eigenvalue weighted by Crippen LogP contribution is 2.34. The van der Waals surface area contributed by atoms with Gasteiger partial charge in [0.2, 0.25) is 11.8 Å². The SMILES string of the molecule is CC(C)C(CCC(=O)N(C)C1CCC(c2nn[nH]n2)CC1)N1Cc2cc(Oc3ccccc3)ncc2N=C1N. The van der Waals surface area contributed by atoms with Crippen molar-refractivity contribution in [2.45, 2.75) is 76.9 Å². The third-order valence-corrected chi connectivity index (χ3v) is 7.96. The maximum Gasteiger partial charge on any atom is 0.222 e. The highest BCUT2D eigenvalue weighted by atomic mass is 16.5. The number of aromatic nitrogens is 5. The molecule has 11 heteroatoms. The van der Waals surface area contributed by atoms with Gasteiger partial charge in [0, 0.05) is 49.6 Å². The van der Waals surface area contributed by atoms with Gasteiger partial charge in [-0.15, -0.1) is 10.2 Å². The van der Waals surface area contributed by atoms with Crippen molar-refractivity contribution in [1.29, 1.82) is 0 Å². The fourth-order valence-electron chi connectivity index (χ4n) is 5.66. The lowest BCUT2D eigenvalue weighted by Gasteiger charge is -2.38. The van der Waals surface area contributed by atoms with Gasteiger partial charge < -0.3 is 20.3 Å². The van der Waals surface area contributed by atoms with Gasteiger partial charge in [0.25, 0.3) is 0 Å². The highest BCUT2D eigenvalue weighted by Gasteiger charge is 2.31. The number of aromatic amines is 1. The van der Waals surface area contributed by atoms with Crippen molar-refractivity contribution < 1.29 is 9.53 Å². The zero-order valence-electron chi connectivity index (χ0n) is 22.8. The second-order valence-corrected chi connectivity index (χ2v) is 10.8. The molecule has 11 nitrogen and oxygen atoms in total. The van der Waals surface area contributed by atoms with E-state index in [1.807, 2.05) is 48.3 Å². The molecule has 5 rings (SSSR count). The molecule has 1 aliphatic heterocycles. The van der Waals surface area contributed by atoms with Crippen LogP contribution in [-0.2, 0) is 11.3 Å². The lowest BCUT2D eigenvalue weighted by molar-refractivity contribution is -0.133. The van der Waals surface area contributed by atoms with E-state index in [1.165, 1.54) is 0 Å². The van der Waals surface area contributed by atoms with Gasteiger partial charge in [-0.3, -0.25) is 4.79 Å². The van der Waals surface area contributed by atoms with Crippen LogP contribution in [0.4, 0.5) is 5.69 Å². The Kier molecular flexibility index (Phi) is 8.04. The summed E-state index contributed by atoms with van der Waals surface area (Å²) in [4.78, 5) is 26.3. The van der Waals surface area contributed by atoms with E-state index in [0.717, 1.165) is 48.5 Å². The molecule has 3 heterocycles. The van der Waals surface area contributed by atoms with Crippen LogP contribution in [0.3, 0.4) is 0 Å². The summed E-state index contributed by atoms with van der Waals surface area (Å²) in [6, 6.07) is 11.8. The predicted octanol–water partition coefficient (Wildman–Crippen LogP) is 4.14. The average Bonchev–Trinajstić information content (AvgIpc) is 3.49. The molecule has 1 aliphatic carbocycles. The summed E-state index contributed by atoms with van der Waals surface area (Å²) >= 11 is 0. The Labute approximate surface area is 228 Å². The monoisotopic (exact) mass is 531 g/mol. The van der Waals surface area contributed by atoms with Gasteiger partial charge in [0.15, 0.2) is 11.8 Å². The normalized spacial score (nSPS) is 19.8. The minimum atomic E-state index is 0.0693. The first kappa shape index (κ1) is 26.6. The van der Waals surface area contributed by atoms with Crippen LogP contribution in [0.5, 0.6) is 11.6 Å². The summed E-state index contributed by atoms with van der Waals surface area (Å²) in [6.07, 6.45) is 6.66. The summed E-state index contributed by atoms with van der Waals surface area (Å²) in [7, 11) is 1.93. The van der Waals surface area contributed by atoms with E-state index in [0.29, 0.717) is 37.1 Å². The van der Waals surface area contributed by atoms with Crippen LogP contribution in [0.2, 0.25) is 0 Å². The number of amides is 1. The van der Waals surface area contributed by atoms with Crippen LogP contribution >= 0.6 is 0 Å². The standard InChI is InChI=1S/C28H37N9O2/c1-18(2)24(13-14-26(38)36(3)21-11-9-19(10-12-21)27-32-34-35-33-27)37-17-20-15-25(30-16-23(20)31-28(37)29)39-22-7-5-4-6-8-22/h4-8,15-16,18-19,21,24H,9-14,17H2,1-3H3,(H2,29,31)(H,32,33,34,35). The zero-order chi connectivity index (χ0) is 27.4. The fourth-order valence-corrected chi connectivity index (χ4v) is 5.66. The molecule has 1 saturated carbocycles. The van der Waals surface area contributed by atoms with E-state index in [2.05, 4.69) is 49.3 Å². The number of tetrazole rings is 1. The van der Waals surface area contributed by atoms with Gasteiger partial charge >= 0.3 is 0 Å². The number of nitrogens with two attached hydrogens (primary N) is 1. The molecule has 0 saturated heterocycles. The molecule has 0 spiro atoms. The number of guanidine groups is 1. The summed E-state index contributed by atoms with van der Waals surface area (Å²) in [5.74, 6) is 3.24. The summed E-state index contributed by atoms with van der Waals surface area (Å²) < 4.78 is 5.93. The molecule has 1 aromatic carbocycles. The van der Waals surface area contributed by atoms with Crippen LogP contribution in [0.1, 0.15) is 69.7 Å². The average molecular weight is 532 g/mol. The minimum absolute atomic E-state index is 0.0693. The quantitative estimate of drug-likeness (QED) is 0.420. The molecule has 206 valence electrons. The number of rotatable bonds is 9. The second kappa shape index (κ2) is 11.8. The van der Waals surface area contributed by atoms with Crippen LogP contribution < -0.4 is 10.5 Å². The van der Waals surface area contributed by atoms with Crippen molar-refractivity contribution in [1.82, 2.24) is 35.4 Å². The molecular weight excluding hydrogens is 494 g/mol. The number of carbonyl (C=O) groups excluding carboxylic acids is 1. The van der Waals surface area contributed by atoms with Crippen LogP contribution in [0, 0.1) is 5.92 Å². The van der Waals surface area contributed by atoms with Crippen molar-refractivity contribution in [3.63, 3.8) is 0 Å². The number of aliphatic imine (C=N–C) groups is 1. The molecule has 0 bridgehead atoms. The summed E-state index contributed by atoms with van der Waals surface area (Å²) in [6.45, 7) is 4.92.